The Hall–Kier alpha value is -2.15. The summed E-state index contributed by atoms with van der Waals surface area (Å²) in [6.45, 7) is 5.45. The van der Waals surface area contributed by atoms with E-state index < -0.39 is 0 Å². The molecule has 0 radical (unpaired) electrons. The molecule has 1 aliphatic rings. The van der Waals surface area contributed by atoms with Crippen LogP contribution in [0, 0.1) is 5.82 Å². The van der Waals surface area contributed by atoms with E-state index in [2.05, 4.69) is 5.32 Å². The Bertz CT molecular complexity index is 543. The van der Waals surface area contributed by atoms with Crippen molar-refractivity contribution in [2.45, 2.75) is 13.3 Å². The third kappa shape index (κ3) is 5.81. The van der Waals surface area contributed by atoms with Gasteiger partial charge in [-0.3, -0.25) is 9.69 Å². The number of amides is 2. The highest BCUT2D eigenvalue weighted by Gasteiger charge is 2.22. The highest BCUT2D eigenvalue weighted by molar-refractivity contribution is 5.78. The summed E-state index contributed by atoms with van der Waals surface area (Å²) in [5, 5.41) is 2.87. The molecule has 0 aliphatic carbocycles. The molecule has 24 heavy (non-hydrogen) atoms. The first-order valence-electron chi connectivity index (χ1n) is 8.23. The van der Waals surface area contributed by atoms with Crippen molar-refractivity contribution in [1.29, 1.82) is 0 Å². The lowest BCUT2D eigenvalue weighted by atomic mass is 10.1. The van der Waals surface area contributed by atoms with Gasteiger partial charge in [-0.1, -0.05) is 12.1 Å². The maximum Gasteiger partial charge on any atom is 0.409 e. The maximum absolute atomic E-state index is 12.8. The van der Waals surface area contributed by atoms with Crippen molar-refractivity contribution in [1.82, 2.24) is 15.1 Å². The second kappa shape index (κ2) is 9.22. The van der Waals surface area contributed by atoms with E-state index in [1.807, 2.05) is 4.90 Å². The van der Waals surface area contributed by atoms with Gasteiger partial charge in [-0.05, 0) is 31.0 Å². The first-order valence-corrected chi connectivity index (χ1v) is 8.23. The lowest BCUT2D eigenvalue weighted by Gasteiger charge is -2.33. The Morgan fingerprint density at radius 3 is 2.46 bits per heavy atom. The average molecular weight is 337 g/mol. The van der Waals surface area contributed by atoms with E-state index >= 15 is 0 Å². The summed E-state index contributed by atoms with van der Waals surface area (Å²) in [7, 11) is 0. The van der Waals surface area contributed by atoms with Crippen molar-refractivity contribution in [3.8, 4) is 0 Å². The van der Waals surface area contributed by atoms with Crippen molar-refractivity contribution in [2.75, 3.05) is 45.9 Å². The van der Waals surface area contributed by atoms with Crippen LogP contribution in [0.2, 0.25) is 0 Å². The maximum atomic E-state index is 12.8. The zero-order valence-corrected chi connectivity index (χ0v) is 14.0. The third-order valence-corrected chi connectivity index (χ3v) is 3.91. The standard InChI is InChI=1S/C17H24FN3O3/c1-2-24-17(23)21-11-9-20(10-12-21)13-16(22)19-8-7-14-3-5-15(18)6-4-14/h3-6H,2,7-13H2,1H3,(H,19,22). The minimum Gasteiger partial charge on any atom is -0.450 e. The SMILES string of the molecule is CCOC(=O)N1CCN(CC(=O)NCCc2ccc(F)cc2)CC1. The molecule has 132 valence electrons. The molecular formula is C17H24FN3O3. The lowest BCUT2D eigenvalue weighted by molar-refractivity contribution is -0.122. The van der Waals surface area contributed by atoms with Crippen molar-refractivity contribution in [3.05, 3.63) is 35.6 Å². The molecule has 1 fully saturated rings. The van der Waals surface area contributed by atoms with E-state index in [1.165, 1.54) is 12.1 Å². The average Bonchev–Trinajstić information content (AvgIpc) is 2.57. The predicted molar refractivity (Wildman–Crippen MR) is 88.1 cm³/mol. The van der Waals surface area contributed by atoms with Crippen LogP contribution >= 0.6 is 0 Å². The highest BCUT2D eigenvalue weighted by atomic mass is 19.1. The number of nitrogens with one attached hydrogen (secondary N) is 1. The van der Waals surface area contributed by atoms with Gasteiger partial charge in [0.25, 0.3) is 0 Å². The van der Waals surface area contributed by atoms with Crippen molar-refractivity contribution < 1.29 is 18.7 Å². The molecule has 6 nitrogen and oxygen atoms in total. The molecule has 0 atom stereocenters. The number of halogens is 1. The van der Waals surface area contributed by atoms with Crippen molar-refractivity contribution in [3.63, 3.8) is 0 Å². The summed E-state index contributed by atoms with van der Waals surface area (Å²) in [6, 6.07) is 6.27. The molecule has 0 bridgehead atoms. The van der Waals surface area contributed by atoms with Gasteiger partial charge in [0.05, 0.1) is 13.2 Å². The van der Waals surface area contributed by atoms with Crippen LogP contribution < -0.4 is 5.32 Å². The summed E-state index contributed by atoms with van der Waals surface area (Å²) >= 11 is 0. The monoisotopic (exact) mass is 337 g/mol. The third-order valence-electron chi connectivity index (χ3n) is 3.91. The van der Waals surface area contributed by atoms with E-state index in [4.69, 9.17) is 4.74 Å². The minimum atomic E-state index is -0.291. The molecule has 1 saturated heterocycles. The summed E-state index contributed by atoms with van der Waals surface area (Å²) in [5.41, 5.74) is 0.986. The second-order valence-electron chi connectivity index (χ2n) is 5.69. The van der Waals surface area contributed by atoms with Crippen LogP contribution in [0.4, 0.5) is 9.18 Å². The zero-order chi connectivity index (χ0) is 17.4. The first kappa shape index (κ1) is 18.2. The number of hydrogen-bond acceptors (Lipinski definition) is 4. The van der Waals surface area contributed by atoms with E-state index in [0.29, 0.717) is 52.3 Å². The zero-order valence-electron chi connectivity index (χ0n) is 14.0. The number of carbonyl (C=O) groups is 2. The molecule has 1 heterocycles. The largest absolute Gasteiger partial charge is 0.450 e. The minimum absolute atomic E-state index is 0.0401. The molecular weight excluding hydrogens is 313 g/mol. The smallest absolute Gasteiger partial charge is 0.409 e. The molecule has 0 aromatic heterocycles. The molecule has 7 heteroatoms. The predicted octanol–water partition coefficient (Wildman–Crippen LogP) is 1.26. The van der Waals surface area contributed by atoms with Crippen molar-refractivity contribution in [2.24, 2.45) is 0 Å². The van der Waals surface area contributed by atoms with Gasteiger partial charge in [0, 0.05) is 32.7 Å². The topological polar surface area (TPSA) is 61.9 Å². The van der Waals surface area contributed by atoms with Gasteiger partial charge >= 0.3 is 6.09 Å². The Morgan fingerprint density at radius 2 is 1.83 bits per heavy atom. The first-order chi connectivity index (χ1) is 11.6. The van der Waals surface area contributed by atoms with Crippen LogP contribution in [0.25, 0.3) is 0 Å². The summed E-state index contributed by atoms with van der Waals surface area (Å²) < 4.78 is 17.8. The molecule has 1 aliphatic heterocycles. The number of ether oxygens (including phenoxy) is 1. The fourth-order valence-electron chi connectivity index (χ4n) is 2.56. The molecule has 0 saturated carbocycles. The fourth-order valence-corrected chi connectivity index (χ4v) is 2.56. The molecule has 2 rings (SSSR count). The fraction of sp³-hybridized carbons (Fsp3) is 0.529. The normalized spacial score (nSPS) is 15.2. The van der Waals surface area contributed by atoms with E-state index in [9.17, 15) is 14.0 Å². The molecule has 1 aromatic carbocycles. The molecule has 0 unspecified atom stereocenters. The van der Waals surface area contributed by atoms with Crippen LogP contribution in [-0.2, 0) is 16.0 Å². The number of nitrogens with zero attached hydrogens (tertiary/aromatic N) is 2. The van der Waals surface area contributed by atoms with Gasteiger partial charge in [-0.2, -0.15) is 0 Å². The molecule has 0 spiro atoms. The Balaban J connectivity index is 1.63. The van der Waals surface area contributed by atoms with Gasteiger partial charge in [0.15, 0.2) is 0 Å². The van der Waals surface area contributed by atoms with Crippen LogP contribution in [0.5, 0.6) is 0 Å². The van der Waals surface area contributed by atoms with E-state index in [0.717, 1.165) is 5.56 Å². The van der Waals surface area contributed by atoms with Gasteiger partial charge in [0.1, 0.15) is 5.82 Å². The summed E-state index contributed by atoms with van der Waals surface area (Å²) in [6.07, 6.45) is 0.378. The van der Waals surface area contributed by atoms with E-state index in [-0.39, 0.29) is 17.8 Å². The second-order valence-corrected chi connectivity index (χ2v) is 5.69. The number of carbonyl (C=O) groups excluding carboxylic acids is 2. The number of rotatable bonds is 6. The lowest BCUT2D eigenvalue weighted by Crippen LogP contribution is -2.51. The van der Waals surface area contributed by atoms with Crippen LogP contribution in [0.1, 0.15) is 12.5 Å². The van der Waals surface area contributed by atoms with Gasteiger partial charge in [0.2, 0.25) is 5.91 Å². The van der Waals surface area contributed by atoms with Gasteiger partial charge in [-0.15, -0.1) is 0 Å². The highest BCUT2D eigenvalue weighted by Crippen LogP contribution is 2.04. The Morgan fingerprint density at radius 1 is 1.17 bits per heavy atom. The number of benzene rings is 1. The van der Waals surface area contributed by atoms with Crippen LogP contribution in [0.3, 0.4) is 0 Å². The van der Waals surface area contributed by atoms with Gasteiger partial charge < -0.3 is 15.0 Å². The van der Waals surface area contributed by atoms with Crippen LogP contribution in [-0.4, -0.2) is 67.7 Å². The number of piperazine rings is 1. The van der Waals surface area contributed by atoms with Crippen molar-refractivity contribution >= 4 is 12.0 Å². The Kier molecular flexibility index (Phi) is 6.99. The molecule has 2 amide bonds. The van der Waals surface area contributed by atoms with E-state index in [1.54, 1.807) is 24.0 Å². The van der Waals surface area contributed by atoms with Gasteiger partial charge in [-0.25, -0.2) is 9.18 Å². The Labute approximate surface area is 141 Å². The molecule has 1 aromatic rings. The quantitative estimate of drug-likeness (QED) is 0.849. The summed E-state index contributed by atoms with van der Waals surface area (Å²) in [5.74, 6) is -0.300. The number of hydrogen-bond donors (Lipinski definition) is 1. The van der Waals surface area contributed by atoms with Crippen LogP contribution in [0.15, 0.2) is 24.3 Å². The summed E-state index contributed by atoms with van der Waals surface area (Å²) in [4.78, 5) is 27.2. The molecule has 1 N–H and O–H groups in total.